The fourth-order valence-corrected chi connectivity index (χ4v) is 3.03. The lowest BCUT2D eigenvalue weighted by atomic mass is 10.1. The van der Waals surface area contributed by atoms with Crippen molar-refractivity contribution in [3.05, 3.63) is 70.7 Å². The van der Waals surface area contributed by atoms with Crippen molar-refractivity contribution in [3.8, 4) is 22.9 Å². The molecule has 1 heterocycles. The summed E-state index contributed by atoms with van der Waals surface area (Å²) in [4.78, 5) is 12.1. The molecule has 0 saturated carbocycles. The van der Waals surface area contributed by atoms with Crippen LogP contribution in [-0.4, -0.2) is 26.4 Å². The number of aromatic hydroxyl groups is 2. The molecule has 26 heavy (non-hydrogen) atoms. The molecule has 0 bridgehead atoms. The van der Waals surface area contributed by atoms with Gasteiger partial charge in [-0.25, -0.2) is 4.98 Å². The number of phenols is 2. The molecule has 0 amide bonds. The average molecular weight is 408 g/mol. The Bertz CT molecular complexity index is 1100. The van der Waals surface area contributed by atoms with Crippen molar-refractivity contribution in [2.75, 3.05) is 0 Å². The second-order valence-electron chi connectivity index (χ2n) is 5.77. The van der Waals surface area contributed by atoms with Crippen molar-refractivity contribution in [1.29, 1.82) is 0 Å². The molecular formula is C20H14BrN3O2. The first-order chi connectivity index (χ1) is 12.6. The average Bonchev–Trinajstić information content (AvgIpc) is 3.07. The maximum atomic E-state index is 10.2. The Morgan fingerprint density at radius 3 is 2.62 bits per heavy atom. The lowest BCUT2D eigenvalue weighted by Gasteiger charge is -2.03. The van der Waals surface area contributed by atoms with Crippen molar-refractivity contribution >= 4 is 38.9 Å². The highest BCUT2D eigenvalue weighted by Crippen LogP contribution is 2.32. The first kappa shape index (κ1) is 16.4. The van der Waals surface area contributed by atoms with E-state index in [1.165, 1.54) is 0 Å². The van der Waals surface area contributed by atoms with Crippen LogP contribution in [0, 0.1) is 0 Å². The van der Waals surface area contributed by atoms with Crippen LogP contribution in [0.2, 0.25) is 0 Å². The zero-order chi connectivity index (χ0) is 18.1. The molecule has 3 N–H and O–H groups in total. The molecule has 4 aromatic rings. The van der Waals surface area contributed by atoms with E-state index in [1.807, 2.05) is 24.3 Å². The van der Waals surface area contributed by atoms with E-state index in [9.17, 15) is 10.2 Å². The predicted molar refractivity (Wildman–Crippen MR) is 106 cm³/mol. The summed E-state index contributed by atoms with van der Waals surface area (Å²) in [6.45, 7) is 0. The Kier molecular flexibility index (Phi) is 4.18. The van der Waals surface area contributed by atoms with Crippen molar-refractivity contribution in [2.24, 2.45) is 4.99 Å². The van der Waals surface area contributed by atoms with Crippen LogP contribution in [0.5, 0.6) is 11.5 Å². The minimum Gasteiger partial charge on any atom is -0.507 e. The van der Waals surface area contributed by atoms with E-state index in [2.05, 4.69) is 30.9 Å². The molecule has 0 atom stereocenters. The molecule has 4 rings (SSSR count). The van der Waals surface area contributed by atoms with Crippen molar-refractivity contribution < 1.29 is 10.2 Å². The molecule has 5 nitrogen and oxygen atoms in total. The number of aliphatic imine (C=N–C) groups is 1. The van der Waals surface area contributed by atoms with Gasteiger partial charge in [0, 0.05) is 16.3 Å². The van der Waals surface area contributed by atoms with Gasteiger partial charge >= 0.3 is 0 Å². The summed E-state index contributed by atoms with van der Waals surface area (Å²) < 4.78 is 0.852. The Balaban J connectivity index is 1.72. The number of imidazole rings is 1. The Hall–Kier alpha value is -3.12. The van der Waals surface area contributed by atoms with Crippen LogP contribution in [0.1, 0.15) is 5.56 Å². The number of H-pyrrole nitrogens is 1. The predicted octanol–water partition coefficient (Wildman–Crippen LogP) is 5.15. The van der Waals surface area contributed by atoms with Crippen molar-refractivity contribution in [1.82, 2.24) is 9.97 Å². The quantitative estimate of drug-likeness (QED) is 0.410. The van der Waals surface area contributed by atoms with E-state index in [1.54, 1.807) is 42.6 Å². The first-order valence-electron chi connectivity index (χ1n) is 7.91. The highest BCUT2D eigenvalue weighted by molar-refractivity contribution is 9.10. The van der Waals surface area contributed by atoms with E-state index in [4.69, 9.17) is 0 Å². The van der Waals surface area contributed by atoms with Gasteiger partial charge in [-0.2, -0.15) is 0 Å². The smallest absolute Gasteiger partial charge is 0.142 e. The minimum atomic E-state index is 0.119. The van der Waals surface area contributed by atoms with Crippen LogP contribution in [-0.2, 0) is 0 Å². The monoisotopic (exact) mass is 407 g/mol. The number of phenolic OH excluding ortho intramolecular Hbond substituents is 2. The molecule has 0 radical (unpaired) electrons. The van der Waals surface area contributed by atoms with E-state index < -0.39 is 0 Å². The number of aromatic amines is 1. The maximum Gasteiger partial charge on any atom is 0.142 e. The zero-order valence-electron chi connectivity index (χ0n) is 13.5. The minimum absolute atomic E-state index is 0.119. The van der Waals surface area contributed by atoms with Gasteiger partial charge < -0.3 is 15.2 Å². The third kappa shape index (κ3) is 3.19. The lowest BCUT2D eigenvalue weighted by Crippen LogP contribution is -1.84. The van der Waals surface area contributed by atoms with E-state index in [-0.39, 0.29) is 11.5 Å². The number of hydrogen-bond acceptors (Lipinski definition) is 4. The van der Waals surface area contributed by atoms with Crippen LogP contribution in [0.4, 0.5) is 5.69 Å². The summed E-state index contributed by atoms with van der Waals surface area (Å²) in [5, 5.41) is 20.1. The van der Waals surface area contributed by atoms with Gasteiger partial charge in [0.25, 0.3) is 0 Å². The standard InChI is InChI=1S/C20H14BrN3O2/c21-13-5-7-18(25)12(9-13)11-22-14-6-8-19(26)15(10-14)20-23-16-3-1-2-4-17(16)24-20/h1-11,25-26H,(H,23,24). The molecule has 6 heteroatoms. The van der Waals surface area contributed by atoms with Crippen molar-refractivity contribution in [2.45, 2.75) is 0 Å². The molecule has 3 aromatic carbocycles. The first-order valence-corrected chi connectivity index (χ1v) is 8.70. The number of para-hydroxylation sites is 2. The molecule has 0 aliphatic rings. The number of nitrogens with zero attached hydrogens (tertiary/aromatic N) is 2. The van der Waals surface area contributed by atoms with Crippen LogP contribution in [0.3, 0.4) is 0 Å². The number of hydrogen-bond donors (Lipinski definition) is 3. The van der Waals surface area contributed by atoms with Gasteiger partial charge in [-0.1, -0.05) is 28.1 Å². The molecule has 0 fully saturated rings. The number of nitrogens with one attached hydrogen (secondary N) is 1. The van der Waals surface area contributed by atoms with Gasteiger partial charge in [-0.3, -0.25) is 4.99 Å². The third-order valence-electron chi connectivity index (χ3n) is 3.97. The summed E-state index contributed by atoms with van der Waals surface area (Å²) in [6.07, 6.45) is 1.58. The fraction of sp³-hybridized carbons (Fsp3) is 0. The van der Waals surface area contributed by atoms with E-state index in [0.717, 1.165) is 15.5 Å². The zero-order valence-corrected chi connectivity index (χ0v) is 15.1. The summed E-state index contributed by atoms with van der Waals surface area (Å²) in [5.74, 6) is 0.840. The topological polar surface area (TPSA) is 81.5 Å². The molecule has 0 saturated heterocycles. The highest BCUT2D eigenvalue weighted by atomic mass is 79.9. The van der Waals surface area contributed by atoms with E-state index in [0.29, 0.717) is 22.6 Å². The van der Waals surface area contributed by atoms with Gasteiger partial charge in [0.15, 0.2) is 0 Å². The van der Waals surface area contributed by atoms with Crippen molar-refractivity contribution in [3.63, 3.8) is 0 Å². The fourth-order valence-electron chi connectivity index (χ4n) is 2.65. The number of aromatic nitrogens is 2. The van der Waals surface area contributed by atoms with Gasteiger partial charge in [-0.05, 0) is 48.5 Å². The molecule has 0 aliphatic heterocycles. The second-order valence-corrected chi connectivity index (χ2v) is 6.68. The molecule has 0 spiro atoms. The second kappa shape index (κ2) is 6.65. The van der Waals surface area contributed by atoms with Gasteiger partial charge in [-0.15, -0.1) is 0 Å². The SMILES string of the molecule is Oc1ccc(Br)cc1C=Nc1ccc(O)c(-c2nc3ccccc3[nH]2)c1. The number of fused-ring (bicyclic) bond motifs is 1. The van der Waals surface area contributed by atoms with Gasteiger partial charge in [0.1, 0.15) is 17.3 Å². The number of halogens is 1. The lowest BCUT2D eigenvalue weighted by molar-refractivity contribution is 0.474. The molecule has 128 valence electrons. The number of rotatable bonds is 3. The van der Waals surface area contributed by atoms with Gasteiger partial charge in [0.2, 0.25) is 0 Å². The molecule has 1 aromatic heterocycles. The summed E-state index contributed by atoms with van der Waals surface area (Å²) in [7, 11) is 0. The van der Waals surface area contributed by atoms with Crippen LogP contribution < -0.4 is 0 Å². The van der Waals surface area contributed by atoms with Crippen LogP contribution in [0.25, 0.3) is 22.4 Å². The third-order valence-corrected chi connectivity index (χ3v) is 4.46. The van der Waals surface area contributed by atoms with Crippen LogP contribution in [0.15, 0.2) is 70.1 Å². The summed E-state index contributed by atoms with van der Waals surface area (Å²) in [6, 6.07) is 17.8. The highest BCUT2D eigenvalue weighted by Gasteiger charge is 2.10. The van der Waals surface area contributed by atoms with Gasteiger partial charge in [0.05, 0.1) is 22.3 Å². The normalized spacial score (nSPS) is 11.4. The molecule has 0 aliphatic carbocycles. The van der Waals surface area contributed by atoms with Crippen LogP contribution >= 0.6 is 15.9 Å². The Morgan fingerprint density at radius 2 is 1.77 bits per heavy atom. The van der Waals surface area contributed by atoms with E-state index >= 15 is 0 Å². The maximum absolute atomic E-state index is 10.2. The molecular weight excluding hydrogens is 394 g/mol. The number of benzene rings is 3. The molecule has 0 unspecified atom stereocenters. The largest absolute Gasteiger partial charge is 0.507 e. The Labute approximate surface area is 157 Å². The Morgan fingerprint density at radius 1 is 0.962 bits per heavy atom. The summed E-state index contributed by atoms with van der Waals surface area (Å²) >= 11 is 3.37. The summed E-state index contributed by atoms with van der Waals surface area (Å²) in [5.41, 5.74) is 3.52.